The van der Waals surface area contributed by atoms with Crippen LogP contribution in [0.2, 0.25) is 0 Å². The lowest BCUT2D eigenvalue weighted by Crippen LogP contribution is -2.38. The van der Waals surface area contributed by atoms with Crippen LogP contribution < -0.4 is 5.32 Å². The third kappa shape index (κ3) is 5.68. The summed E-state index contributed by atoms with van der Waals surface area (Å²) in [5.74, 6) is 0.654. The predicted molar refractivity (Wildman–Crippen MR) is 109 cm³/mol. The molecule has 0 saturated heterocycles. The van der Waals surface area contributed by atoms with Crippen molar-refractivity contribution in [3.05, 3.63) is 41.5 Å². The monoisotopic (exact) mass is 365 g/mol. The maximum atomic E-state index is 11.5. The van der Waals surface area contributed by atoms with Crippen molar-refractivity contribution >= 4 is 11.5 Å². The Bertz CT molecular complexity index is 711. The summed E-state index contributed by atoms with van der Waals surface area (Å²) in [5, 5.41) is 11.6. The molecule has 0 bridgehead atoms. The van der Waals surface area contributed by atoms with E-state index in [9.17, 15) is 4.79 Å². The topological polar surface area (TPSA) is 56.1 Å². The zero-order valence-electron chi connectivity index (χ0n) is 16.4. The van der Waals surface area contributed by atoms with Gasteiger partial charge in [0, 0.05) is 19.1 Å². The first-order valence-electron chi connectivity index (χ1n) is 10.3. The zero-order chi connectivity index (χ0) is 19.1. The van der Waals surface area contributed by atoms with Crippen molar-refractivity contribution in [1.82, 2.24) is 10.2 Å². The van der Waals surface area contributed by atoms with E-state index >= 15 is 0 Å². The van der Waals surface area contributed by atoms with Crippen LogP contribution in [-0.4, -0.2) is 36.5 Å². The van der Waals surface area contributed by atoms with Gasteiger partial charge in [-0.25, -0.2) is 0 Å². The molecule has 1 aromatic carbocycles. The normalized spacial score (nSPS) is 23.3. The highest BCUT2D eigenvalue weighted by Gasteiger charge is 2.23. The van der Waals surface area contributed by atoms with Gasteiger partial charge in [0.25, 0.3) is 0 Å². The summed E-state index contributed by atoms with van der Waals surface area (Å²) < 4.78 is 0. The third-order valence-corrected chi connectivity index (χ3v) is 6.09. The smallest absolute Gasteiger partial charge is 0.234 e. The van der Waals surface area contributed by atoms with Gasteiger partial charge < -0.3 is 5.32 Å². The van der Waals surface area contributed by atoms with Crippen molar-refractivity contribution in [2.75, 3.05) is 19.6 Å². The van der Waals surface area contributed by atoms with Crippen molar-refractivity contribution in [2.45, 2.75) is 57.9 Å². The van der Waals surface area contributed by atoms with Gasteiger partial charge in [0.15, 0.2) is 0 Å². The van der Waals surface area contributed by atoms with Crippen molar-refractivity contribution in [3.63, 3.8) is 0 Å². The maximum absolute atomic E-state index is 11.5. The molecule has 2 aliphatic rings. The fraction of sp³-hybridized carbons (Fsp3) is 0.565. The second kappa shape index (κ2) is 9.71. The Hall–Kier alpha value is -2.12. The molecule has 1 heterocycles. The number of rotatable bonds is 6. The van der Waals surface area contributed by atoms with Crippen molar-refractivity contribution in [2.24, 2.45) is 5.92 Å². The van der Waals surface area contributed by atoms with Gasteiger partial charge in [0.05, 0.1) is 6.07 Å². The molecule has 0 atom stereocenters. The molecule has 1 saturated carbocycles. The number of benzene rings is 1. The lowest BCUT2D eigenvalue weighted by Gasteiger charge is -2.32. The minimum atomic E-state index is -0.120. The summed E-state index contributed by atoms with van der Waals surface area (Å²) >= 11 is 0. The van der Waals surface area contributed by atoms with Gasteiger partial charge in [-0.15, -0.1) is 0 Å². The number of amides is 1. The summed E-state index contributed by atoms with van der Waals surface area (Å²) in [6, 6.07) is 10.9. The number of hydrogen-bond acceptors (Lipinski definition) is 3. The molecule has 4 heteroatoms. The third-order valence-electron chi connectivity index (χ3n) is 6.09. The summed E-state index contributed by atoms with van der Waals surface area (Å²) in [4.78, 5) is 14.1. The van der Waals surface area contributed by atoms with Crippen LogP contribution in [0.25, 0.3) is 5.57 Å². The van der Waals surface area contributed by atoms with E-state index in [4.69, 9.17) is 5.26 Å². The fourth-order valence-electron chi connectivity index (χ4n) is 4.40. The summed E-state index contributed by atoms with van der Waals surface area (Å²) in [5.41, 5.74) is 4.28. The highest BCUT2D eigenvalue weighted by atomic mass is 16.1. The Morgan fingerprint density at radius 1 is 1.26 bits per heavy atom. The molecule has 1 aliphatic heterocycles. The van der Waals surface area contributed by atoms with Crippen LogP contribution in [0.5, 0.6) is 0 Å². The summed E-state index contributed by atoms with van der Waals surface area (Å²) in [7, 11) is 0. The van der Waals surface area contributed by atoms with Crippen LogP contribution in [0, 0.1) is 24.2 Å². The van der Waals surface area contributed by atoms with Crippen LogP contribution in [0.1, 0.15) is 56.1 Å². The number of nitriles is 1. The van der Waals surface area contributed by atoms with Crippen LogP contribution >= 0.6 is 0 Å². The molecule has 1 aliphatic carbocycles. The van der Waals surface area contributed by atoms with Crippen molar-refractivity contribution in [3.8, 4) is 6.07 Å². The summed E-state index contributed by atoms with van der Waals surface area (Å²) in [6.45, 7) is 5.58. The number of aryl methyl sites for hydroxylation is 1. The lowest BCUT2D eigenvalue weighted by molar-refractivity contribution is -0.121. The van der Waals surface area contributed by atoms with E-state index in [-0.39, 0.29) is 18.4 Å². The average Bonchev–Trinajstić information content (AvgIpc) is 2.68. The molecule has 0 unspecified atom stereocenters. The minimum absolute atomic E-state index is 0.0209. The Morgan fingerprint density at radius 3 is 2.70 bits per heavy atom. The molecule has 4 nitrogen and oxygen atoms in total. The van der Waals surface area contributed by atoms with Crippen LogP contribution in [0.4, 0.5) is 0 Å². The van der Waals surface area contributed by atoms with Gasteiger partial charge >= 0.3 is 0 Å². The molecule has 1 fully saturated rings. The van der Waals surface area contributed by atoms with E-state index < -0.39 is 0 Å². The molecule has 0 spiro atoms. The van der Waals surface area contributed by atoms with Gasteiger partial charge in [0.2, 0.25) is 5.91 Å². The molecule has 1 aromatic rings. The molecule has 0 aromatic heterocycles. The zero-order valence-corrected chi connectivity index (χ0v) is 16.4. The number of nitrogens with zero attached hydrogens (tertiary/aromatic N) is 2. The van der Waals surface area contributed by atoms with Crippen LogP contribution in [0.15, 0.2) is 30.3 Å². The first-order valence-corrected chi connectivity index (χ1v) is 10.3. The van der Waals surface area contributed by atoms with Gasteiger partial charge in [-0.1, -0.05) is 30.3 Å². The first kappa shape index (κ1) is 19.6. The second-order valence-electron chi connectivity index (χ2n) is 8.00. The Labute approximate surface area is 163 Å². The number of carbonyl (C=O) groups excluding carboxylic acids is 1. The Balaban J connectivity index is 1.38. The maximum Gasteiger partial charge on any atom is 0.234 e. The predicted octanol–water partition coefficient (Wildman–Crippen LogP) is 4.06. The molecule has 27 heavy (non-hydrogen) atoms. The van der Waals surface area contributed by atoms with E-state index in [1.165, 1.54) is 42.5 Å². The lowest BCUT2D eigenvalue weighted by atomic mass is 9.84. The van der Waals surface area contributed by atoms with Crippen LogP contribution in [-0.2, 0) is 4.79 Å². The van der Waals surface area contributed by atoms with Gasteiger partial charge in [-0.2, -0.15) is 5.26 Å². The largest absolute Gasteiger partial charge is 0.352 e. The molecule has 1 N–H and O–H groups in total. The van der Waals surface area contributed by atoms with E-state index in [1.54, 1.807) is 0 Å². The van der Waals surface area contributed by atoms with Crippen molar-refractivity contribution < 1.29 is 4.79 Å². The number of nitrogens with one attached hydrogen (secondary N) is 1. The average molecular weight is 366 g/mol. The highest BCUT2D eigenvalue weighted by molar-refractivity contribution is 5.78. The first-order chi connectivity index (χ1) is 13.2. The quantitative estimate of drug-likeness (QED) is 0.827. The molecular formula is C23H31N3O. The number of carbonyl (C=O) groups is 1. The SMILES string of the molecule is Cc1ccccc1C1=CCN(CC[C@H]2CC[C@H](NC(=O)CC#N)CC2)CC1. The molecule has 1 amide bonds. The Morgan fingerprint density at radius 2 is 2.04 bits per heavy atom. The Kier molecular flexibility index (Phi) is 7.06. The molecule has 3 rings (SSSR count). The van der Waals surface area contributed by atoms with Crippen molar-refractivity contribution in [1.29, 1.82) is 5.26 Å². The van der Waals surface area contributed by atoms with E-state index in [2.05, 4.69) is 47.5 Å². The highest BCUT2D eigenvalue weighted by Crippen LogP contribution is 2.29. The number of hydrogen-bond donors (Lipinski definition) is 1. The fourth-order valence-corrected chi connectivity index (χ4v) is 4.40. The van der Waals surface area contributed by atoms with Gasteiger partial charge in [-0.05, 0) is 74.6 Å². The van der Waals surface area contributed by atoms with E-state index in [1.807, 2.05) is 6.07 Å². The molecule has 144 valence electrons. The molecule has 0 radical (unpaired) electrons. The summed E-state index contributed by atoms with van der Waals surface area (Å²) in [6.07, 6.45) is 9.28. The standard InChI is InChI=1S/C23H31N3O/c1-18-4-2-3-5-22(18)20-12-16-26(17-13-20)15-11-19-6-8-21(9-7-19)25-23(27)10-14-24/h2-5,12,19,21H,6-11,13,15-17H2,1H3,(H,25,27)/t19-,21-. The molecular weight excluding hydrogens is 334 g/mol. The minimum Gasteiger partial charge on any atom is -0.352 e. The second-order valence-corrected chi connectivity index (χ2v) is 8.00. The van der Waals surface area contributed by atoms with Crippen LogP contribution in [0.3, 0.4) is 0 Å². The van der Waals surface area contributed by atoms with Gasteiger partial charge in [-0.3, -0.25) is 9.69 Å². The van der Waals surface area contributed by atoms with E-state index in [0.717, 1.165) is 38.3 Å². The van der Waals surface area contributed by atoms with E-state index in [0.29, 0.717) is 0 Å². The van der Waals surface area contributed by atoms with Gasteiger partial charge in [0.1, 0.15) is 6.42 Å².